The van der Waals surface area contributed by atoms with Crippen LogP contribution in [0.15, 0.2) is 36.0 Å². The van der Waals surface area contributed by atoms with Crippen LogP contribution in [0.4, 0.5) is 0 Å². The van der Waals surface area contributed by atoms with Crippen molar-refractivity contribution in [3.05, 3.63) is 36.0 Å². The predicted octanol–water partition coefficient (Wildman–Crippen LogP) is 3.46. The van der Waals surface area contributed by atoms with Crippen molar-refractivity contribution in [3.63, 3.8) is 0 Å². The quantitative estimate of drug-likeness (QED) is 0.319. The molecule has 4 heteroatoms. The summed E-state index contributed by atoms with van der Waals surface area (Å²) in [4.78, 5) is 11.9. The zero-order valence-electron chi connectivity index (χ0n) is 14.9. The summed E-state index contributed by atoms with van der Waals surface area (Å²) < 4.78 is 11.5. The highest BCUT2D eigenvalue weighted by Crippen LogP contribution is 2.47. The van der Waals surface area contributed by atoms with Gasteiger partial charge in [-0.15, -0.1) is 0 Å². The minimum atomic E-state index is -0.807. The van der Waals surface area contributed by atoms with E-state index in [1.165, 1.54) is 5.57 Å². The van der Waals surface area contributed by atoms with E-state index in [1.807, 2.05) is 19.1 Å². The van der Waals surface area contributed by atoms with Crippen molar-refractivity contribution in [2.75, 3.05) is 0 Å². The fraction of sp³-hybridized carbons (Fsp3) is 0.650. The molecule has 24 heavy (non-hydrogen) atoms. The lowest BCUT2D eigenvalue weighted by atomic mass is 9.85. The predicted molar refractivity (Wildman–Crippen MR) is 92.4 cm³/mol. The zero-order chi connectivity index (χ0) is 17.5. The molecule has 2 saturated heterocycles. The van der Waals surface area contributed by atoms with Crippen LogP contribution in [0, 0.1) is 5.92 Å². The number of hydrogen-bond acceptors (Lipinski definition) is 4. The number of hydrogen-bond donors (Lipinski definition) is 1. The molecule has 0 radical (unpaired) electrons. The summed E-state index contributed by atoms with van der Waals surface area (Å²) in [6.45, 7) is 9.92. The van der Waals surface area contributed by atoms with E-state index in [0.717, 1.165) is 25.7 Å². The van der Waals surface area contributed by atoms with Crippen molar-refractivity contribution in [3.8, 4) is 0 Å². The summed E-state index contributed by atoms with van der Waals surface area (Å²) in [5, 5.41) is 10.4. The van der Waals surface area contributed by atoms with Crippen LogP contribution in [0.2, 0.25) is 0 Å². The maximum Gasteiger partial charge on any atom is 0.334 e. The van der Waals surface area contributed by atoms with Crippen LogP contribution in [0.1, 0.15) is 52.9 Å². The van der Waals surface area contributed by atoms with E-state index in [2.05, 4.69) is 26.5 Å². The number of epoxide rings is 1. The molecule has 0 saturated carbocycles. The molecule has 0 aromatic rings. The number of carbonyl (C=O) groups is 1. The molecule has 3 aliphatic rings. The Balaban J connectivity index is 1.81. The van der Waals surface area contributed by atoms with Gasteiger partial charge in [-0.1, -0.05) is 30.4 Å². The van der Waals surface area contributed by atoms with Gasteiger partial charge < -0.3 is 14.6 Å². The Kier molecular flexibility index (Phi) is 4.47. The average Bonchev–Trinajstić information content (AvgIpc) is 3.03. The number of esters is 1. The van der Waals surface area contributed by atoms with Crippen molar-refractivity contribution >= 4 is 5.97 Å². The van der Waals surface area contributed by atoms with E-state index >= 15 is 0 Å². The largest absolute Gasteiger partial charge is 0.458 e. The SMILES string of the molecule is C=C1C(=O)OC2CC(C)=CCCC(C)(O)C=CCC3(C)OC3CC12. The second-order valence-electron chi connectivity index (χ2n) is 7.99. The molecular weight excluding hydrogens is 304 g/mol. The fourth-order valence-corrected chi connectivity index (χ4v) is 3.79. The smallest absolute Gasteiger partial charge is 0.334 e. The molecule has 2 fully saturated rings. The molecular formula is C20H28O4. The number of carbonyl (C=O) groups excluding carboxylic acids is 1. The van der Waals surface area contributed by atoms with Gasteiger partial charge >= 0.3 is 5.97 Å². The topological polar surface area (TPSA) is 59.1 Å². The number of fused-ring (bicyclic) bond motifs is 2. The highest BCUT2D eigenvalue weighted by molar-refractivity contribution is 5.90. The lowest BCUT2D eigenvalue weighted by Gasteiger charge is -2.20. The highest BCUT2D eigenvalue weighted by atomic mass is 16.6. The van der Waals surface area contributed by atoms with Gasteiger partial charge in [0.1, 0.15) is 6.10 Å². The van der Waals surface area contributed by atoms with Crippen molar-refractivity contribution < 1.29 is 19.4 Å². The van der Waals surface area contributed by atoms with Gasteiger partial charge in [0.15, 0.2) is 0 Å². The molecule has 2 heterocycles. The molecule has 0 bridgehead atoms. The summed E-state index contributed by atoms with van der Waals surface area (Å²) in [7, 11) is 0. The number of rotatable bonds is 0. The third kappa shape index (κ3) is 3.65. The third-order valence-electron chi connectivity index (χ3n) is 5.59. The number of aliphatic hydroxyl groups is 1. The van der Waals surface area contributed by atoms with Crippen LogP contribution >= 0.6 is 0 Å². The van der Waals surface area contributed by atoms with E-state index in [-0.39, 0.29) is 29.7 Å². The molecule has 2 aliphatic heterocycles. The first-order chi connectivity index (χ1) is 11.2. The molecule has 0 amide bonds. The highest BCUT2D eigenvalue weighted by Gasteiger charge is 2.54. The van der Waals surface area contributed by atoms with Crippen LogP contribution in [-0.4, -0.2) is 34.5 Å². The van der Waals surface area contributed by atoms with Crippen molar-refractivity contribution in [1.29, 1.82) is 0 Å². The average molecular weight is 332 g/mol. The van der Waals surface area contributed by atoms with Crippen LogP contribution in [0.5, 0.6) is 0 Å². The standard InChI is InChI=1S/C20H28O4/c1-13-7-5-8-19(3,22)9-6-10-20(4)17(24-20)12-15-14(2)18(21)23-16(15)11-13/h6-7,9,15-17,22H,2,5,8,10-12H2,1,3-4H3. The van der Waals surface area contributed by atoms with E-state index in [1.54, 1.807) is 0 Å². The molecule has 4 nitrogen and oxygen atoms in total. The van der Waals surface area contributed by atoms with E-state index < -0.39 is 5.60 Å². The lowest BCUT2D eigenvalue weighted by molar-refractivity contribution is -0.139. The van der Waals surface area contributed by atoms with Crippen molar-refractivity contribution in [1.82, 2.24) is 0 Å². The van der Waals surface area contributed by atoms with Gasteiger partial charge in [-0.3, -0.25) is 0 Å². The van der Waals surface area contributed by atoms with Gasteiger partial charge in [-0.05, 0) is 46.5 Å². The monoisotopic (exact) mass is 332 g/mol. The maximum absolute atomic E-state index is 11.9. The summed E-state index contributed by atoms with van der Waals surface area (Å²) in [6.07, 6.45) is 9.72. The first-order valence-corrected chi connectivity index (χ1v) is 8.83. The summed E-state index contributed by atoms with van der Waals surface area (Å²) in [5.74, 6) is -0.241. The summed E-state index contributed by atoms with van der Waals surface area (Å²) in [5.41, 5.74) is 0.746. The molecule has 132 valence electrons. The van der Waals surface area contributed by atoms with Gasteiger partial charge in [-0.25, -0.2) is 4.79 Å². The molecule has 1 aliphatic carbocycles. The number of ether oxygens (including phenoxy) is 2. The fourth-order valence-electron chi connectivity index (χ4n) is 3.79. The van der Waals surface area contributed by atoms with Crippen LogP contribution in [0.25, 0.3) is 0 Å². The molecule has 3 rings (SSSR count). The lowest BCUT2D eigenvalue weighted by Crippen LogP contribution is -2.23. The van der Waals surface area contributed by atoms with Crippen molar-refractivity contribution in [2.24, 2.45) is 5.92 Å². The van der Waals surface area contributed by atoms with Crippen LogP contribution in [-0.2, 0) is 14.3 Å². The minimum Gasteiger partial charge on any atom is -0.458 e. The second kappa shape index (κ2) is 6.16. The zero-order valence-corrected chi connectivity index (χ0v) is 14.9. The second-order valence-corrected chi connectivity index (χ2v) is 7.99. The van der Waals surface area contributed by atoms with Gasteiger partial charge in [0.05, 0.1) is 17.3 Å². The first-order valence-electron chi connectivity index (χ1n) is 8.83. The third-order valence-corrected chi connectivity index (χ3v) is 5.59. The molecule has 1 N–H and O–H groups in total. The molecule has 0 spiro atoms. The van der Waals surface area contributed by atoms with E-state index in [9.17, 15) is 9.90 Å². The Morgan fingerprint density at radius 2 is 2.12 bits per heavy atom. The normalized spacial score (nSPS) is 43.3. The van der Waals surface area contributed by atoms with Crippen LogP contribution in [0.3, 0.4) is 0 Å². The van der Waals surface area contributed by atoms with Gasteiger partial charge in [0, 0.05) is 17.9 Å². The summed E-state index contributed by atoms with van der Waals surface area (Å²) in [6, 6.07) is 0. The first kappa shape index (κ1) is 17.4. The molecule has 5 unspecified atom stereocenters. The van der Waals surface area contributed by atoms with Gasteiger partial charge in [-0.2, -0.15) is 0 Å². The molecule has 0 aromatic carbocycles. The number of allylic oxidation sites excluding steroid dienone is 1. The minimum absolute atomic E-state index is 0.0303. The molecule has 0 aromatic heterocycles. The van der Waals surface area contributed by atoms with Crippen LogP contribution < -0.4 is 0 Å². The Morgan fingerprint density at radius 1 is 1.38 bits per heavy atom. The Bertz CT molecular complexity index is 601. The Morgan fingerprint density at radius 3 is 2.88 bits per heavy atom. The van der Waals surface area contributed by atoms with Gasteiger partial charge in [0.2, 0.25) is 0 Å². The Labute approximate surface area is 144 Å². The summed E-state index contributed by atoms with van der Waals surface area (Å²) >= 11 is 0. The van der Waals surface area contributed by atoms with Crippen molar-refractivity contribution in [2.45, 2.75) is 76.3 Å². The van der Waals surface area contributed by atoms with Gasteiger partial charge in [0.25, 0.3) is 0 Å². The Hall–Kier alpha value is -1.39. The van der Waals surface area contributed by atoms with E-state index in [0.29, 0.717) is 12.0 Å². The molecule has 5 atom stereocenters. The van der Waals surface area contributed by atoms with E-state index in [4.69, 9.17) is 9.47 Å². The maximum atomic E-state index is 11.9.